The molecule has 2 rings (SSSR count). The zero-order chi connectivity index (χ0) is 14.7. The molecule has 0 aromatic carbocycles. The molecule has 1 heterocycles. The number of ether oxygens (including phenoxy) is 1. The number of likely N-dealkylation sites (N-methyl/N-ethyl adjacent to an activating group) is 2. The number of methoxy groups -OCH3 is 1. The fraction of sp³-hybridized carbons (Fsp3) is 0.750. The van der Waals surface area contributed by atoms with Crippen molar-refractivity contribution >= 4 is 0 Å². The summed E-state index contributed by atoms with van der Waals surface area (Å²) in [7, 11) is 6.20. The van der Waals surface area contributed by atoms with Gasteiger partial charge in [-0.1, -0.05) is 6.92 Å². The van der Waals surface area contributed by atoms with Gasteiger partial charge in [0.25, 0.3) is 0 Å². The third kappa shape index (κ3) is 3.55. The third-order valence-corrected chi connectivity index (χ3v) is 4.44. The maximum Gasteiger partial charge on any atom is 0.102 e. The van der Waals surface area contributed by atoms with Crippen molar-refractivity contribution in [3.05, 3.63) is 23.0 Å². The molecule has 0 bridgehead atoms. The Balaban J connectivity index is 2.04. The van der Waals surface area contributed by atoms with Crippen LogP contribution in [0, 0.1) is 0 Å². The number of hydrogen-bond donors (Lipinski definition) is 0. The summed E-state index contributed by atoms with van der Waals surface area (Å²) in [6.07, 6.45) is 3.54. The molecule has 1 saturated heterocycles. The molecule has 2 aliphatic rings. The van der Waals surface area contributed by atoms with Gasteiger partial charge in [-0.3, -0.25) is 0 Å². The summed E-state index contributed by atoms with van der Waals surface area (Å²) in [5.74, 6) is 0. The van der Waals surface area contributed by atoms with Crippen molar-refractivity contribution in [3.8, 4) is 0 Å². The molecule has 114 valence electrons. The number of rotatable bonds is 7. The highest BCUT2D eigenvalue weighted by molar-refractivity contribution is 5.35. The predicted molar refractivity (Wildman–Crippen MR) is 83.6 cm³/mol. The number of hydrogen-bond acceptors (Lipinski definition) is 4. The van der Waals surface area contributed by atoms with Crippen molar-refractivity contribution in [3.63, 3.8) is 0 Å². The minimum absolute atomic E-state index is 0.225. The van der Waals surface area contributed by atoms with Crippen LogP contribution in [0.25, 0.3) is 0 Å². The molecule has 0 radical (unpaired) electrons. The molecule has 20 heavy (non-hydrogen) atoms. The van der Waals surface area contributed by atoms with Gasteiger partial charge in [-0.2, -0.15) is 0 Å². The standard InChI is InChI=1S/C16H29N3O/c1-6-17(3)7-8-18(4)14-12-16(20-5)15(11-13(14)2)19-9-10-19/h11,16H,6-10,12H2,1-5H3. The Kier molecular flexibility index (Phi) is 5.11. The lowest BCUT2D eigenvalue weighted by atomic mass is 9.98. The van der Waals surface area contributed by atoms with E-state index in [1.807, 2.05) is 7.11 Å². The molecular formula is C16H29N3O. The summed E-state index contributed by atoms with van der Waals surface area (Å²) < 4.78 is 5.70. The fourth-order valence-electron chi connectivity index (χ4n) is 2.72. The van der Waals surface area contributed by atoms with E-state index in [1.54, 1.807) is 0 Å². The Morgan fingerprint density at radius 1 is 1.30 bits per heavy atom. The maximum absolute atomic E-state index is 5.70. The molecule has 1 aliphatic carbocycles. The summed E-state index contributed by atoms with van der Waals surface area (Å²) in [6, 6.07) is 0. The summed E-state index contributed by atoms with van der Waals surface area (Å²) in [5.41, 5.74) is 4.18. The quantitative estimate of drug-likeness (QED) is 0.661. The van der Waals surface area contributed by atoms with Crippen LogP contribution in [0.1, 0.15) is 20.3 Å². The molecule has 4 heteroatoms. The topological polar surface area (TPSA) is 18.7 Å². The van der Waals surface area contributed by atoms with Gasteiger partial charge in [0.05, 0.1) is 0 Å². The Morgan fingerprint density at radius 2 is 2.00 bits per heavy atom. The van der Waals surface area contributed by atoms with E-state index >= 15 is 0 Å². The van der Waals surface area contributed by atoms with E-state index in [1.165, 1.54) is 30.1 Å². The first-order chi connectivity index (χ1) is 9.56. The van der Waals surface area contributed by atoms with Crippen molar-refractivity contribution in [2.45, 2.75) is 26.4 Å². The van der Waals surface area contributed by atoms with Gasteiger partial charge in [-0.15, -0.1) is 0 Å². The van der Waals surface area contributed by atoms with Crippen molar-refractivity contribution in [2.24, 2.45) is 0 Å². The summed E-state index contributed by atoms with van der Waals surface area (Å²) in [5, 5.41) is 0. The molecule has 0 saturated carbocycles. The van der Waals surface area contributed by atoms with Gasteiger partial charge in [0.15, 0.2) is 0 Å². The van der Waals surface area contributed by atoms with Crippen LogP contribution in [-0.2, 0) is 4.74 Å². The molecule has 0 spiro atoms. The van der Waals surface area contributed by atoms with Crippen LogP contribution in [0.3, 0.4) is 0 Å². The molecule has 1 aliphatic heterocycles. The number of nitrogens with zero attached hydrogens (tertiary/aromatic N) is 3. The van der Waals surface area contributed by atoms with Gasteiger partial charge in [0.2, 0.25) is 0 Å². The molecule has 1 fully saturated rings. The van der Waals surface area contributed by atoms with Gasteiger partial charge >= 0.3 is 0 Å². The van der Waals surface area contributed by atoms with Gasteiger partial charge in [-0.05, 0) is 32.2 Å². The van der Waals surface area contributed by atoms with Gasteiger partial charge in [0.1, 0.15) is 6.10 Å². The highest BCUT2D eigenvalue weighted by atomic mass is 16.5. The zero-order valence-electron chi connectivity index (χ0n) is 13.6. The van der Waals surface area contributed by atoms with Crippen LogP contribution >= 0.6 is 0 Å². The second-order valence-corrected chi connectivity index (χ2v) is 5.93. The van der Waals surface area contributed by atoms with E-state index in [0.29, 0.717) is 0 Å². The van der Waals surface area contributed by atoms with E-state index in [-0.39, 0.29) is 6.10 Å². The monoisotopic (exact) mass is 279 g/mol. The predicted octanol–water partition coefficient (Wildman–Crippen LogP) is 1.76. The van der Waals surface area contributed by atoms with Crippen LogP contribution in [0.2, 0.25) is 0 Å². The lowest BCUT2D eigenvalue weighted by Gasteiger charge is -2.33. The Labute approximate surface area is 123 Å². The minimum atomic E-state index is 0.225. The van der Waals surface area contributed by atoms with E-state index < -0.39 is 0 Å². The molecule has 0 aromatic rings. The highest BCUT2D eigenvalue weighted by Gasteiger charge is 2.31. The zero-order valence-corrected chi connectivity index (χ0v) is 13.6. The second-order valence-electron chi connectivity index (χ2n) is 5.93. The third-order valence-electron chi connectivity index (χ3n) is 4.44. The maximum atomic E-state index is 5.70. The smallest absolute Gasteiger partial charge is 0.102 e. The number of allylic oxidation sites excluding steroid dienone is 2. The average molecular weight is 279 g/mol. The van der Waals surface area contributed by atoms with Crippen molar-refractivity contribution in [1.29, 1.82) is 0 Å². The highest BCUT2D eigenvalue weighted by Crippen LogP contribution is 2.32. The van der Waals surface area contributed by atoms with E-state index in [4.69, 9.17) is 4.74 Å². The summed E-state index contributed by atoms with van der Waals surface area (Å²) in [6.45, 7) is 10.1. The van der Waals surface area contributed by atoms with Crippen LogP contribution in [0.5, 0.6) is 0 Å². The second kappa shape index (κ2) is 6.64. The van der Waals surface area contributed by atoms with Crippen LogP contribution < -0.4 is 0 Å². The van der Waals surface area contributed by atoms with E-state index in [9.17, 15) is 0 Å². The Morgan fingerprint density at radius 3 is 2.55 bits per heavy atom. The first kappa shape index (κ1) is 15.4. The average Bonchev–Trinajstić information content (AvgIpc) is 3.28. The first-order valence-corrected chi connectivity index (χ1v) is 7.65. The summed E-state index contributed by atoms with van der Waals surface area (Å²) in [4.78, 5) is 7.14. The van der Waals surface area contributed by atoms with Crippen molar-refractivity contribution < 1.29 is 4.74 Å². The molecule has 0 N–H and O–H groups in total. The largest absolute Gasteiger partial charge is 0.376 e. The lowest BCUT2D eigenvalue weighted by molar-refractivity contribution is 0.109. The normalized spacial score (nSPS) is 22.4. The molecule has 0 aromatic heterocycles. The first-order valence-electron chi connectivity index (χ1n) is 7.65. The molecule has 4 nitrogen and oxygen atoms in total. The van der Waals surface area contributed by atoms with Gasteiger partial charge in [0, 0.05) is 58.2 Å². The molecule has 1 unspecified atom stereocenters. The van der Waals surface area contributed by atoms with E-state index in [2.05, 4.69) is 48.7 Å². The van der Waals surface area contributed by atoms with Gasteiger partial charge in [-0.25, -0.2) is 0 Å². The Bertz CT molecular complexity index is 399. The summed E-state index contributed by atoms with van der Waals surface area (Å²) >= 11 is 0. The minimum Gasteiger partial charge on any atom is -0.376 e. The SMILES string of the molecule is CCN(C)CCN(C)C1=C(C)C=C(N2CC2)C(OC)C1. The van der Waals surface area contributed by atoms with E-state index in [0.717, 1.165) is 26.1 Å². The van der Waals surface area contributed by atoms with Crippen LogP contribution in [0.4, 0.5) is 0 Å². The Hall–Kier alpha value is -1.00. The van der Waals surface area contributed by atoms with Crippen LogP contribution in [-0.4, -0.2) is 74.7 Å². The lowest BCUT2D eigenvalue weighted by Crippen LogP contribution is -2.34. The fourth-order valence-corrected chi connectivity index (χ4v) is 2.72. The molecular weight excluding hydrogens is 250 g/mol. The molecule has 1 atom stereocenters. The van der Waals surface area contributed by atoms with Crippen LogP contribution in [0.15, 0.2) is 23.0 Å². The van der Waals surface area contributed by atoms with Gasteiger partial charge < -0.3 is 19.4 Å². The van der Waals surface area contributed by atoms with Crippen molar-refractivity contribution in [1.82, 2.24) is 14.7 Å². The molecule has 0 amide bonds. The van der Waals surface area contributed by atoms with Crippen molar-refractivity contribution in [2.75, 3.05) is 53.9 Å².